The Hall–Kier alpha value is -3.53. The maximum absolute atomic E-state index is 14.2. The van der Waals surface area contributed by atoms with Crippen LogP contribution in [0.2, 0.25) is 0 Å². The molecule has 0 bridgehead atoms. The number of thiocarbonyl (C=S) groups is 1. The summed E-state index contributed by atoms with van der Waals surface area (Å²) in [6, 6.07) is 11.4. The first kappa shape index (κ1) is 56.6. The van der Waals surface area contributed by atoms with Crippen molar-refractivity contribution in [2.24, 2.45) is 21.9 Å². The van der Waals surface area contributed by atoms with E-state index in [1.165, 1.54) is 0 Å². The van der Waals surface area contributed by atoms with Crippen LogP contribution >= 0.6 is 24.0 Å². The fraction of sp³-hybridized carbons (Fsp3) is 0.738. The number of nitrogens with zero attached hydrogens (tertiary/aromatic N) is 4. The molecule has 22 heteroatoms. The van der Waals surface area contributed by atoms with E-state index >= 15 is 0 Å². The van der Waals surface area contributed by atoms with Crippen LogP contribution in [-0.2, 0) is 47.5 Å². The van der Waals surface area contributed by atoms with Crippen molar-refractivity contribution in [2.75, 3.05) is 98.9 Å². The topological polar surface area (TPSA) is 293 Å². The smallest absolute Gasteiger partial charge is 0.305 e. The zero-order valence-corrected chi connectivity index (χ0v) is 38.8. The van der Waals surface area contributed by atoms with Gasteiger partial charge in [-0.15, -0.1) is 0 Å². The number of thioether (sulfide) groups is 1. The molecule has 1 fully saturated rings. The van der Waals surface area contributed by atoms with Crippen LogP contribution in [-0.4, -0.2) is 171 Å². The molecule has 1 heterocycles. The number of carbonyl (C=O) groups is 3. The Morgan fingerprint density at radius 1 is 0.891 bits per heavy atom. The van der Waals surface area contributed by atoms with Gasteiger partial charge in [0.05, 0.1) is 99.2 Å². The van der Waals surface area contributed by atoms with E-state index in [1.54, 1.807) is 27.7 Å². The van der Waals surface area contributed by atoms with E-state index in [9.17, 15) is 40.1 Å². The third kappa shape index (κ3) is 20.3. The number of hydrogen-bond acceptors (Lipinski definition) is 18. The van der Waals surface area contributed by atoms with Gasteiger partial charge in [-0.25, -0.2) is 0 Å². The Bertz CT molecular complexity index is 1660. The van der Waals surface area contributed by atoms with Gasteiger partial charge in [-0.05, 0) is 44.2 Å². The van der Waals surface area contributed by atoms with Gasteiger partial charge in [-0.2, -0.15) is 5.26 Å². The molecule has 0 spiro atoms. The van der Waals surface area contributed by atoms with Crippen molar-refractivity contribution in [3.8, 4) is 6.07 Å². The number of benzene rings is 1. The molecule has 20 nitrogen and oxygen atoms in total. The predicted molar refractivity (Wildman–Crippen MR) is 239 cm³/mol. The summed E-state index contributed by atoms with van der Waals surface area (Å²) in [7, 11) is 0. The highest BCUT2D eigenvalue weighted by Crippen LogP contribution is 2.47. The molecule has 1 saturated heterocycles. The van der Waals surface area contributed by atoms with Crippen LogP contribution in [0.4, 0.5) is 0 Å². The molecule has 0 saturated carbocycles. The first-order valence-electron chi connectivity index (χ1n) is 21.2. The van der Waals surface area contributed by atoms with Crippen molar-refractivity contribution in [3.05, 3.63) is 46.3 Å². The molecular formula is C42H66N6O14S2. The molecule has 2 rings (SSSR count). The Labute approximate surface area is 384 Å². The van der Waals surface area contributed by atoms with Gasteiger partial charge in [0, 0.05) is 42.3 Å². The molecule has 8 atom stereocenters. The number of amides is 2. The minimum Gasteiger partial charge on any atom is -0.463 e. The molecule has 3 unspecified atom stereocenters. The van der Waals surface area contributed by atoms with Gasteiger partial charge in [0.1, 0.15) is 18.8 Å². The second kappa shape index (κ2) is 30.6. The average molecular weight is 943 g/mol. The van der Waals surface area contributed by atoms with E-state index in [1.807, 2.05) is 30.3 Å². The number of nitrogens with one attached hydrogen (secondary N) is 2. The van der Waals surface area contributed by atoms with Crippen molar-refractivity contribution >= 4 is 46.0 Å². The number of aliphatic hydroxyl groups is 4. The highest BCUT2D eigenvalue weighted by atomic mass is 32.2. The molecule has 360 valence electrons. The average Bonchev–Trinajstić information content (AvgIpc) is 3.28. The summed E-state index contributed by atoms with van der Waals surface area (Å²) in [5.41, 5.74) is 6.31. The summed E-state index contributed by atoms with van der Waals surface area (Å²) < 4.78 is 37.4. The molecular weight excluding hydrogens is 877 g/mol. The van der Waals surface area contributed by atoms with Crippen molar-refractivity contribution < 1.29 is 68.0 Å². The molecule has 1 aromatic rings. The molecule has 2 amide bonds. The van der Waals surface area contributed by atoms with E-state index in [4.69, 9.17) is 50.9 Å². The summed E-state index contributed by atoms with van der Waals surface area (Å²) in [5.74, 6) is -2.07. The number of aliphatic hydroxyl groups excluding tert-OH is 4. The number of ether oxygens (including phenoxy) is 7. The van der Waals surface area contributed by atoms with Gasteiger partial charge in [0.2, 0.25) is 11.8 Å². The fourth-order valence-electron chi connectivity index (χ4n) is 6.91. The van der Waals surface area contributed by atoms with Crippen LogP contribution in [0.1, 0.15) is 58.9 Å². The molecule has 0 radical (unpaired) electrons. The molecule has 1 aliphatic rings. The zero-order chi connectivity index (χ0) is 47.4. The third-order valence-corrected chi connectivity index (χ3v) is 12.0. The lowest BCUT2D eigenvalue weighted by Crippen LogP contribution is -2.55. The second-order valence-corrected chi connectivity index (χ2v) is 18.0. The summed E-state index contributed by atoms with van der Waals surface area (Å²) in [6.07, 6.45) is -4.52. The largest absolute Gasteiger partial charge is 0.463 e. The van der Waals surface area contributed by atoms with Crippen molar-refractivity contribution in [1.82, 2.24) is 10.6 Å². The minimum atomic E-state index is -1.40. The van der Waals surface area contributed by atoms with Gasteiger partial charge in [-0.1, -0.05) is 73.3 Å². The van der Waals surface area contributed by atoms with E-state index in [0.717, 1.165) is 11.8 Å². The quantitative estimate of drug-likeness (QED) is 0.0147. The molecule has 6 N–H and O–H groups in total. The van der Waals surface area contributed by atoms with E-state index in [0.29, 0.717) is 36.2 Å². The summed E-state index contributed by atoms with van der Waals surface area (Å²) >= 11 is 6.91. The third-order valence-electron chi connectivity index (χ3n) is 10.3. The van der Waals surface area contributed by atoms with E-state index in [2.05, 4.69) is 26.7 Å². The Morgan fingerprint density at radius 3 is 2.12 bits per heavy atom. The van der Waals surface area contributed by atoms with Gasteiger partial charge in [0.15, 0.2) is 6.29 Å². The van der Waals surface area contributed by atoms with Crippen LogP contribution in [0.25, 0.3) is 10.4 Å². The van der Waals surface area contributed by atoms with Crippen LogP contribution in [0.15, 0.2) is 35.4 Å². The van der Waals surface area contributed by atoms with Gasteiger partial charge in [-0.3, -0.25) is 14.4 Å². The van der Waals surface area contributed by atoms with Crippen LogP contribution in [0.3, 0.4) is 0 Å². The standard InChI is InChI=1S/C42H66N6O14S2/c1-30-34(52)35(53)32(26-50)62-36(30)61-25-23-56-16-13-46-39(55)42(4,64-37(63)31-8-6-5-7-9-31)28-41(3,38(54)45-12-15-49)27-40(2,29-43)11-10-33(51)60-24-22-59-21-20-58-19-18-57-17-14-47-48-44/h5-9,30,32,34-36,49-50,52-53H,10-28H2,1-4H3,(H,45,54)(H,46,55)/t30-,32-,34-,35-,36-,40?,41?,42?/m0/s1. The van der Waals surface area contributed by atoms with Crippen molar-refractivity contribution in [1.29, 1.82) is 5.26 Å². The number of esters is 1. The second-order valence-electron chi connectivity index (χ2n) is 15.9. The Balaban J connectivity index is 2.05. The maximum atomic E-state index is 14.2. The first-order valence-corrected chi connectivity index (χ1v) is 22.4. The lowest BCUT2D eigenvalue weighted by atomic mass is 9.67. The number of hydrogen-bond donors (Lipinski definition) is 6. The van der Waals surface area contributed by atoms with Gasteiger partial charge < -0.3 is 64.2 Å². The van der Waals surface area contributed by atoms with Gasteiger partial charge in [0.25, 0.3) is 0 Å². The number of azide groups is 1. The first-order chi connectivity index (χ1) is 30.6. The number of nitriles is 1. The van der Waals surface area contributed by atoms with E-state index < -0.39 is 70.5 Å². The Morgan fingerprint density at radius 2 is 1.50 bits per heavy atom. The van der Waals surface area contributed by atoms with Gasteiger partial charge >= 0.3 is 5.97 Å². The normalized spacial score (nSPS) is 21.2. The molecule has 64 heavy (non-hydrogen) atoms. The maximum Gasteiger partial charge on any atom is 0.305 e. The molecule has 0 aromatic heterocycles. The highest BCUT2D eigenvalue weighted by molar-refractivity contribution is 8.25. The molecule has 0 aliphatic carbocycles. The lowest BCUT2D eigenvalue weighted by Gasteiger charge is -2.40. The summed E-state index contributed by atoms with van der Waals surface area (Å²) in [6.45, 7) is 7.91. The number of rotatable bonds is 33. The zero-order valence-electron chi connectivity index (χ0n) is 37.2. The van der Waals surface area contributed by atoms with Crippen molar-refractivity contribution in [3.63, 3.8) is 0 Å². The van der Waals surface area contributed by atoms with Crippen LogP contribution in [0.5, 0.6) is 0 Å². The minimum absolute atomic E-state index is 0.0198. The monoisotopic (exact) mass is 942 g/mol. The summed E-state index contributed by atoms with van der Waals surface area (Å²) in [5, 5.41) is 58.8. The predicted octanol–water partition coefficient (Wildman–Crippen LogP) is 2.19. The summed E-state index contributed by atoms with van der Waals surface area (Å²) in [4.78, 5) is 43.6. The van der Waals surface area contributed by atoms with Crippen molar-refractivity contribution in [2.45, 2.75) is 82.7 Å². The highest BCUT2D eigenvalue weighted by Gasteiger charge is 2.49. The number of carbonyl (C=O) groups excluding carboxylic acids is 3. The van der Waals surface area contributed by atoms with Crippen LogP contribution < -0.4 is 10.6 Å². The lowest BCUT2D eigenvalue weighted by molar-refractivity contribution is -0.284. The van der Waals surface area contributed by atoms with Crippen LogP contribution in [0, 0.1) is 28.1 Å². The SMILES string of the molecule is C[C@@H]1[C@@H](OCCOCCNC(=O)C(C)(CC(C)(CC(C)(C#N)CCC(=O)OCCOCCOCCOCCN=[N+]=[N-])C(=O)NCCO)SC(=S)c2ccccc2)O[C@@H](CO)[C@H](O)[C@H]1O. The molecule has 1 aromatic carbocycles. The fourth-order valence-corrected chi connectivity index (χ4v) is 8.82. The molecule has 1 aliphatic heterocycles. The van der Waals surface area contributed by atoms with E-state index in [-0.39, 0.29) is 91.6 Å². The Kier molecular flexibility index (Phi) is 27.1.